The number of Topliss-reactive ketones (excluding diaryl/α,β-unsaturated/α-hetero) is 2. The lowest BCUT2D eigenvalue weighted by molar-refractivity contribution is -0.147. The summed E-state index contributed by atoms with van der Waals surface area (Å²) >= 11 is 5.96. The average Bonchev–Trinajstić information content (AvgIpc) is 3.80. The van der Waals surface area contributed by atoms with Gasteiger partial charge >= 0.3 is 0 Å². The van der Waals surface area contributed by atoms with Crippen molar-refractivity contribution in [2.45, 2.75) is 110 Å². The van der Waals surface area contributed by atoms with Crippen LogP contribution in [0.25, 0.3) is 0 Å². The summed E-state index contributed by atoms with van der Waals surface area (Å²) in [6, 6.07) is 2.32. The number of ether oxygens (including phenoxy) is 1. The van der Waals surface area contributed by atoms with Crippen molar-refractivity contribution in [2.75, 3.05) is 6.54 Å². The molecule has 0 radical (unpaired) electrons. The second-order valence-corrected chi connectivity index (χ2v) is 14.8. The van der Waals surface area contributed by atoms with Gasteiger partial charge in [0.1, 0.15) is 23.5 Å². The van der Waals surface area contributed by atoms with E-state index in [1.54, 1.807) is 12.1 Å². The fraction of sp³-hybridized carbons (Fsp3) is 0.677. The highest BCUT2D eigenvalue weighted by atomic mass is 35.5. The number of halogens is 1. The van der Waals surface area contributed by atoms with E-state index in [4.69, 9.17) is 16.3 Å². The van der Waals surface area contributed by atoms with Crippen LogP contribution in [0.15, 0.2) is 18.3 Å². The summed E-state index contributed by atoms with van der Waals surface area (Å²) in [7, 11) is 0. The molecule has 1 aliphatic heterocycles. The molecule has 2 N–H and O–H groups in total. The van der Waals surface area contributed by atoms with Crippen molar-refractivity contribution >= 4 is 40.9 Å². The first-order valence-electron chi connectivity index (χ1n) is 14.8. The third-order valence-electron chi connectivity index (χ3n) is 8.00. The SMILES string of the molecule is CC(C)(C)CC(=O)C[C@H](C(=O)N1C[C@H](Oc2ccc(Cl)cn2)C[C@H]1C(=O)NC1(C(=O)C(=O)NC2CC2)CC1)C(C)(C)C. The van der Waals surface area contributed by atoms with Gasteiger partial charge in [0, 0.05) is 43.5 Å². The highest BCUT2D eigenvalue weighted by Crippen LogP contribution is 2.39. The molecular weight excluding hydrogens is 560 g/mol. The smallest absolute Gasteiger partial charge is 0.290 e. The monoisotopic (exact) mass is 602 g/mol. The highest BCUT2D eigenvalue weighted by Gasteiger charge is 2.56. The van der Waals surface area contributed by atoms with Gasteiger partial charge in [-0.1, -0.05) is 53.1 Å². The zero-order valence-electron chi connectivity index (χ0n) is 25.4. The van der Waals surface area contributed by atoms with Crippen LogP contribution in [0.1, 0.15) is 86.5 Å². The van der Waals surface area contributed by atoms with E-state index < -0.39 is 46.6 Å². The van der Waals surface area contributed by atoms with E-state index in [0.29, 0.717) is 30.2 Å². The number of aromatic nitrogens is 1. The fourth-order valence-electron chi connectivity index (χ4n) is 5.38. The molecule has 3 amide bonds. The number of carbonyl (C=O) groups excluding carboxylic acids is 5. The van der Waals surface area contributed by atoms with Crippen LogP contribution < -0.4 is 15.4 Å². The summed E-state index contributed by atoms with van der Waals surface area (Å²) in [5.41, 5.74) is -2.04. The molecule has 3 atom stereocenters. The highest BCUT2D eigenvalue weighted by molar-refractivity contribution is 6.41. The summed E-state index contributed by atoms with van der Waals surface area (Å²) in [4.78, 5) is 72.1. The van der Waals surface area contributed by atoms with Crippen molar-refractivity contribution in [1.82, 2.24) is 20.5 Å². The molecule has 1 aromatic rings. The molecule has 2 saturated carbocycles. The van der Waals surface area contributed by atoms with Gasteiger partial charge in [-0.2, -0.15) is 0 Å². The van der Waals surface area contributed by atoms with Gasteiger partial charge in [0.2, 0.25) is 23.5 Å². The minimum atomic E-state index is -1.26. The van der Waals surface area contributed by atoms with Crippen molar-refractivity contribution in [3.63, 3.8) is 0 Å². The molecule has 3 aliphatic rings. The van der Waals surface area contributed by atoms with E-state index in [1.165, 1.54) is 11.1 Å². The van der Waals surface area contributed by atoms with Crippen LogP contribution in [0.2, 0.25) is 5.02 Å². The maximum Gasteiger partial charge on any atom is 0.290 e. The molecular formula is C31H43ClN4O6. The van der Waals surface area contributed by atoms with E-state index in [2.05, 4.69) is 15.6 Å². The molecule has 3 fully saturated rings. The molecule has 0 bridgehead atoms. The van der Waals surface area contributed by atoms with Gasteiger partial charge in [-0.05, 0) is 42.6 Å². The lowest BCUT2D eigenvalue weighted by atomic mass is 9.75. The van der Waals surface area contributed by atoms with Gasteiger partial charge in [-0.15, -0.1) is 0 Å². The average molecular weight is 603 g/mol. The van der Waals surface area contributed by atoms with Crippen LogP contribution in [0, 0.1) is 16.7 Å². The van der Waals surface area contributed by atoms with E-state index in [9.17, 15) is 24.0 Å². The van der Waals surface area contributed by atoms with E-state index in [0.717, 1.165) is 12.8 Å². The predicted molar refractivity (Wildman–Crippen MR) is 157 cm³/mol. The summed E-state index contributed by atoms with van der Waals surface area (Å²) in [5.74, 6) is -2.56. The Bertz CT molecular complexity index is 1230. The van der Waals surface area contributed by atoms with E-state index in [1.807, 2.05) is 41.5 Å². The second kappa shape index (κ2) is 11.9. The number of hydrogen-bond acceptors (Lipinski definition) is 7. The third kappa shape index (κ3) is 8.08. The Hall–Kier alpha value is -3.01. The lowest BCUT2D eigenvalue weighted by Crippen LogP contribution is -2.56. The molecule has 11 heteroatoms. The standard InChI is InChI=1S/C31H43ClN4O6/c1-29(2,3)15-20(37)13-22(30(4,5)6)28(41)36-17-21(42-24-10-7-18(32)16-33-24)14-23(36)26(39)35-31(11-12-31)25(38)27(40)34-19-8-9-19/h7,10,16,19,21-23H,8-9,11-15,17H2,1-6H3,(H,34,40)(H,35,39)/t21-,22-,23+/m1/s1. The Morgan fingerprint density at radius 2 is 1.76 bits per heavy atom. The maximum atomic E-state index is 14.2. The molecule has 42 heavy (non-hydrogen) atoms. The fourth-order valence-corrected chi connectivity index (χ4v) is 5.49. The third-order valence-corrected chi connectivity index (χ3v) is 8.23. The Morgan fingerprint density at radius 1 is 1.10 bits per heavy atom. The normalized spacial score (nSPS) is 22.2. The van der Waals surface area contributed by atoms with Gasteiger partial charge < -0.3 is 20.3 Å². The summed E-state index contributed by atoms with van der Waals surface area (Å²) < 4.78 is 6.04. The topological polar surface area (TPSA) is 135 Å². The van der Waals surface area contributed by atoms with Crippen LogP contribution in [0.5, 0.6) is 5.88 Å². The van der Waals surface area contributed by atoms with E-state index >= 15 is 0 Å². The lowest BCUT2D eigenvalue weighted by Gasteiger charge is -2.35. The zero-order valence-corrected chi connectivity index (χ0v) is 26.2. The van der Waals surface area contributed by atoms with Crippen LogP contribution in [-0.4, -0.2) is 69.4 Å². The van der Waals surface area contributed by atoms with E-state index in [-0.39, 0.29) is 42.5 Å². The molecule has 0 spiro atoms. The van der Waals surface area contributed by atoms with Crippen molar-refractivity contribution < 1.29 is 28.7 Å². The van der Waals surface area contributed by atoms with Crippen LogP contribution in [-0.2, 0) is 24.0 Å². The van der Waals surface area contributed by atoms with Gasteiger partial charge in [-0.3, -0.25) is 24.0 Å². The molecule has 1 saturated heterocycles. The van der Waals surface area contributed by atoms with Crippen LogP contribution >= 0.6 is 11.6 Å². The predicted octanol–water partition coefficient (Wildman–Crippen LogP) is 3.64. The zero-order chi connectivity index (χ0) is 31.0. The Kier molecular flexibility index (Phi) is 9.07. The quantitative estimate of drug-likeness (QED) is 0.369. The molecule has 2 heterocycles. The molecule has 0 aromatic carbocycles. The van der Waals surface area contributed by atoms with Crippen molar-refractivity contribution in [3.8, 4) is 5.88 Å². The van der Waals surface area contributed by atoms with Gasteiger partial charge in [0.05, 0.1) is 11.6 Å². The number of rotatable bonds is 11. The molecule has 4 rings (SSSR count). The number of carbonyl (C=O) groups is 5. The summed E-state index contributed by atoms with van der Waals surface area (Å²) in [5, 5.41) is 5.96. The molecule has 0 unspecified atom stereocenters. The molecule has 10 nitrogen and oxygen atoms in total. The summed E-state index contributed by atoms with van der Waals surface area (Å²) in [6.07, 6.45) is 3.83. The minimum absolute atomic E-state index is 0.0154. The maximum absolute atomic E-state index is 14.2. The van der Waals surface area contributed by atoms with Crippen LogP contribution in [0.4, 0.5) is 0 Å². The first-order valence-corrected chi connectivity index (χ1v) is 15.1. The number of pyridine rings is 1. The number of likely N-dealkylation sites (tertiary alicyclic amines) is 1. The molecule has 2 aliphatic carbocycles. The second-order valence-electron chi connectivity index (χ2n) is 14.3. The van der Waals surface area contributed by atoms with Crippen molar-refractivity contribution in [1.29, 1.82) is 0 Å². The number of amides is 3. The van der Waals surface area contributed by atoms with Gasteiger partial charge in [0.25, 0.3) is 5.91 Å². The van der Waals surface area contributed by atoms with Crippen molar-refractivity contribution in [3.05, 3.63) is 23.4 Å². The number of nitrogens with one attached hydrogen (secondary N) is 2. The summed E-state index contributed by atoms with van der Waals surface area (Å²) in [6.45, 7) is 11.8. The first kappa shape index (κ1) is 31.9. The Labute approximate surface area is 252 Å². The Balaban J connectivity index is 1.55. The van der Waals surface area contributed by atoms with Crippen molar-refractivity contribution in [2.24, 2.45) is 16.7 Å². The number of ketones is 2. The minimum Gasteiger partial charge on any atom is -0.472 e. The first-order chi connectivity index (χ1) is 19.5. The van der Waals surface area contributed by atoms with Gasteiger partial charge in [-0.25, -0.2) is 4.98 Å². The number of hydrogen-bond donors (Lipinski definition) is 2. The molecule has 1 aromatic heterocycles. The van der Waals surface area contributed by atoms with Crippen LogP contribution in [0.3, 0.4) is 0 Å². The largest absolute Gasteiger partial charge is 0.472 e. The molecule has 230 valence electrons. The number of nitrogens with zero attached hydrogens (tertiary/aromatic N) is 2. The van der Waals surface area contributed by atoms with Gasteiger partial charge in [0.15, 0.2) is 0 Å². The Morgan fingerprint density at radius 3 is 2.29 bits per heavy atom.